The average Bonchev–Trinajstić information content (AvgIpc) is 3.35. The lowest BCUT2D eigenvalue weighted by Crippen LogP contribution is -2.87. The molecule has 2 atom stereocenters. The molecule has 0 aliphatic carbocycles. The SMILES string of the molecule is O=C(C[NH2+][C@H](c1ccccc1)c1ccco1)N[C@@H](Cc1ccccc1)c1ccccc1. The monoisotopic (exact) mass is 411 g/mol. The summed E-state index contributed by atoms with van der Waals surface area (Å²) < 4.78 is 5.65. The van der Waals surface area contributed by atoms with Crippen molar-refractivity contribution in [1.82, 2.24) is 5.32 Å². The predicted molar refractivity (Wildman–Crippen MR) is 121 cm³/mol. The molecule has 0 radical (unpaired) electrons. The van der Waals surface area contributed by atoms with Gasteiger partial charge in [-0.1, -0.05) is 91.0 Å². The van der Waals surface area contributed by atoms with Gasteiger partial charge in [-0.15, -0.1) is 0 Å². The van der Waals surface area contributed by atoms with Gasteiger partial charge in [0.05, 0.1) is 12.3 Å². The maximum atomic E-state index is 12.9. The van der Waals surface area contributed by atoms with Gasteiger partial charge in [0, 0.05) is 5.56 Å². The van der Waals surface area contributed by atoms with E-state index >= 15 is 0 Å². The summed E-state index contributed by atoms with van der Waals surface area (Å²) in [6.45, 7) is 0.304. The molecule has 0 unspecified atom stereocenters. The van der Waals surface area contributed by atoms with Gasteiger partial charge < -0.3 is 15.1 Å². The van der Waals surface area contributed by atoms with E-state index in [-0.39, 0.29) is 18.0 Å². The summed E-state index contributed by atoms with van der Waals surface area (Å²) >= 11 is 0. The summed E-state index contributed by atoms with van der Waals surface area (Å²) in [6.07, 6.45) is 2.42. The summed E-state index contributed by atoms with van der Waals surface area (Å²) in [6, 6.07) is 34.2. The fourth-order valence-electron chi connectivity index (χ4n) is 3.81. The molecule has 4 rings (SSSR count). The Bertz CT molecular complexity index is 1050. The Kier molecular flexibility index (Phi) is 6.93. The van der Waals surface area contributed by atoms with Crippen molar-refractivity contribution in [3.05, 3.63) is 132 Å². The minimum absolute atomic E-state index is 0.00253. The van der Waals surface area contributed by atoms with Gasteiger partial charge in [0.15, 0.2) is 18.3 Å². The number of benzene rings is 3. The molecule has 1 aromatic heterocycles. The first kappa shape index (κ1) is 20.6. The second-order valence-corrected chi connectivity index (χ2v) is 7.56. The van der Waals surface area contributed by atoms with Gasteiger partial charge in [0.1, 0.15) is 0 Å². The van der Waals surface area contributed by atoms with Crippen LogP contribution in [0.15, 0.2) is 114 Å². The Morgan fingerprint density at radius 3 is 2.00 bits per heavy atom. The van der Waals surface area contributed by atoms with E-state index in [0.717, 1.165) is 23.3 Å². The van der Waals surface area contributed by atoms with Crippen LogP contribution in [0.1, 0.15) is 34.5 Å². The van der Waals surface area contributed by atoms with Gasteiger partial charge in [-0.25, -0.2) is 0 Å². The third-order valence-corrected chi connectivity index (χ3v) is 5.37. The molecule has 0 saturated heterocycles. The molecule has 0 aliphatic heterocycles. The summed E-state index contributed by atoms with van der Waals surface area (Å²) in [5.74, 6) is 0.833. The number of rotatable bonds is 9. The number of carbonyl (C=O) groups is 1. The largest absolute Gasteiger partial charge is 0.463 e. The first-order valence-corrected chi connectivity index (χ1v) is 10.6. The second-order valence-electron chi connectivity index (χ2n) is 7.56. The van der Waals surface area contributed by atoms with Gasteiger partial charge in [0.2, 0.25) is 0 Å². The van der Waals surface area contributed by atoms with Crippen LogP contribution >= 0.6 is 0 Å². The van der Waals surface area contributed by atoms with E-state index < -0.39 is 0 Å². The molecular formula is C27H27N2O2+. The van der Waals surface area contributed by atoms with Crippen LogP contribution in [-0.2, 0) is 11.2 Å². The highest BCUT2D eigenvalue weighted by atomic mass is 16.3. The van der Waals surface area contributed by atoms with Gasteiger partial charge in [-0.05, 0) is 29.7 Å². The van der Waals surface area contributed by atoms with E-state index in [1.54, 1.807) is 6.26 Å². The molecular weight excluding hydrogens is 384 g/mol. The van der Waals surface area contributed by atoms with Gasteiger partial charge in [-0.2, -0.15) is 0 Å². The van der Waals surface area contributed by atoms with Crippen molar-refractivity contribution in [1.29, 1.82) is 0 Å². The Labute approximate surface area is 182 Å². The van der Waals surface area contributed by atoms with E-state index in [0.29, 0.717) is 6.54 Å². The normalized spacial score (nSPS) is 12.8. The van der Waals surface area contributed by atoms with Gasteiger partial charge >= 0.3 is 0 Å². The number of amides is 1. The molecule has 156 valence electrons. The lowest BCUT2D eigenvalue weighted by molar-refractivity contribution is -0.678. The topological polar surface area (TPSA) is 58.9 Å². The molecule has 0 fully saturated rings. The minimum atomic E-state index is -0.0803. The van der Waals surface area contributed by atoms with Crippen molar-refractivity contribution < 1.29 is 14.5 Å². The van der Waals surface area contributed by atoms with Crippen molar-refractivity contribution in [2.24, 2.45) is 0 Å². The summed E-state index contributed by atoms with van der Waals surface area (Å²) in [5, 5.41) is 5.26. The van der Waals surface area contributed by atoms with E-state index in [1.165, 1.54) is 5.56 Å². The number of quaternary nitrogens is 1. The number of hydrogen-bond donors (Lipinski definition) is 2. The fourth-order valence-corrected chi connectivity index (χ4v) is 3.81. The smallest absolute Gasteiger partial charge is 0.275 e. The molecule has 4 nitrogen and oxygen atoms in total. The summed E-state index contributed by atoms with van der Waals surface area (Å²) in [5.41, 5.74) is 3.40. The number of hydrogen-bond acceptors (Lipinski definition) is 2. The highest BCUT2D eigenvalue weighted by Crippen LogP contribution is 2.19. The molecule has 3 aromatic carbocycles. The third-order valence-electron chi connectivity index (χ3n) is 5.37. The Morgan fingerprint density at radius 1 is 0.774 bits per heavy atom. The maximum absolute atomic E-state index is 12.9. The number of nitrogens with two attached hydrogens (primary N) is 1. The van der Waals surface area contributed by atoms with Crippen molar-refractivity contribution in [2.75, 3.05) is 6.54 Å². The molecule has 0 bridgehead atoms. The zero-order valence-electron chi connectivity index (χ0n) is 17.4. The van der Waals surface area contributed by atoms with Crippen LogP contribution in [0.2, 0.25) is 0 Å². The van der Waals surface area contributed by atoms with Gasteiger partial charge in [0.25, 0.3) is 5.91 Å². The van der Waals surface area contributed by atoms with Crippen molar-refractivity contribution in [2.45, 2.75) is 18.5 Å². The second kappa shape index (κ2) is 10.4. The van der Waals surface area contributed by atoms with Crippen LogP contribution in [0.4, 0.5) is 0 Å². The Hall–Kier alpha value is -3.63. The summed E-state index contributed by atoms with van der Waals surface area (Å²) in [7, 11) is 0. The molecule has 0 spiro atoms. The van der Waals surface area contributed by atoms with E-state index in [1.807, 2.05) is 72.0 Å². The first-order valence-electron chi connectivity index (χ1n) is 10.6. The Morgan fingerprint density at radius 2 is 1.39 bits per heavy atom. The number of carbonyl (C=O) groups excluding carboxylic acids is 1. The van der Waals surface area contributed by atoms with Crippen LogP contribution in [0.5, 0.6) is 0 Å². The van der Waals surface area contributed by atoms with Crippen molar-refractivity contribution >= 4 is 5.91 Å². The standard InChI is InChI=1S/C27H26N2O2/c30-26(20-28-27(25-17-10-18-31-25)23-15-8-3-9-16-23)29-24(22-13-6-2-7-14-22)19-21-11-4-1-5-12-21/h1-18,24,27-28H,19-20H2,(H,29,30)/p+1/t24-,27+/m0/s1. The van der Waals surface area contributed by atoms with E-state index in [2.05, 4.69) is 41.7 Å². The summed E-state index contributed by atoms with van der Waals surface area (Å²) in [4.78, 5) is 12.9. The highest BCUT2D eigenvalue weighted by molar-refractivity contribution is 5.77. The zero-order valence-corrected chi connectivity index (χ0v) is 17.4. The van der Waals surface area contributed by atoms with Crippen LogP contribution in [0.25, 0.3) is 0 Å². The van der Waals surface area contributed by atoms with Crippen LogP contribution < -0.4 is 10.6 Å². The lowest BCUT2D eigenvalue weighted by Gasteiger charge is -2.20. The molecule has 1 amide bonds. The van der Waals surface area contributed by atoms with Gasteiger partial charge in [-0.3, -0.25) is 4.79 Å². The van der Waals surface area contributed by atoms with Crippen LogP contribution in [-0.4, -0.2) is 12.5 Å². The third kappa shape index (κ3) is 5.71. The molecule has 4 aromatic rings. The molecule has 31 heavy (non-hydrogen) atoms. The van der Waals surface area contributed by atoms with Crippen molar-refractivity contribution in [3.63, 3.8) is 0 Å². The molecule has 4 heteroatoms. The van der Waals surface area contributed by atoms with E-state index in [4.69, 9.17) is 4.42 Å². The molecule has 3 N–H and O–H groups in total. The highest BCUT2D eigenvalue weighted by Gasteiger charge is 2.23. The Balaban J connectivity index is 1.45. The fraction of sp³-hybridized carbons (Fsp3) is 0.148. The maximum Gasteiger partial charge on any atom is 0.275 e. The number of nitrogens with one attached hydrogen (secondary N) is 1. The predicted octanol–water partition coefficient (Wildman–Crippen LogP) is 4.03. The van der Waals surface area contributed by atoms with Crippen LogP contribution in [0, 0.1) is 0 Å². The zero-order chi connectivity index (χ0) is 21.3. The molecule has 0 saturated carbocycles. The molecule has 0 aliphatic rings. The number of furan rings is 1. The average molecular weight is 412 g/mol. The van der Waals surface area contributed by atoms with E-state index in [9.17, 15) is 4.79 Å². The lowest BCUT2D eigenvalue weighted by atomic mass is 9.99. The molecule has 1 heterocycles. The quantitative estimate of drug-likeness (QED) is 0.437. The minimum Gasteiger partial charge on any atom is -0.463 e. The van der Waals surface area contributed by atoms with Crippen LogP contribution in [0.3, 0.4) is 0 Å². The first-order chi connectivity index (χ1) is 15.3. The van der Waals surface area contributed by atoms with Crippen molar-refractivity contribution in [3.8, 4) is 0 Å².